The molecule has 0 aliphatic carbocycles. The summed E-state index contributed by atoms with van der Waals surface area (Å²) in [5, 5.41) is 0. The van der Waals surface area contributed by atoms with E-state index in [0.29, 0.717) is 11.5 Å². The molecular weight excluding hydrogens is 176 g/mol. The van der Waals surface area contributed by atoms with Gasteiger partial charge in [0, 0.05) is 0 Å². The molecule has 84 valence electrons. The van der Waals surface area contributed by atoms with Crippen LogP contribution in [-0.2, 0) is 9.47 Å². The highest BCUT2D eigenvalue weighted by atomic mass is 16.6. The van der Waals surface area contributed by atoms with Crippen LogP contribution in [0.4, 0.5) is 0 Å². The molecule has 0 amide bonds. The van der Waals surface area contributed by atoms with Crippen molar-refractivity contribution >= 4 is 0 Å². The second kappa shape index (κ2) is 4.63. The molecule has 2 heteroatoms. The zero-order valence-electron chi connectivity index (χ0n) is 10.2. The molecule has 2 nitrogen and oxygen atoms in total. The second-order valence-electron chi connectivity index (χ2n) is 5.62. The van der Waals surface area contributed by atoms with E-state index in [1.165, 1.54) is 6.42 Å². The molecule has 0 N–H and O–H groups in total. The first-order chi connectivity index (χ1) is 6.38. The highest BCUT2D eigenvalue weighted by molar-refractivity contribution is 4.75. The maximum absolute atomic E-state index is 5.77. The summed E-state index contributed by atoms with van der Waals surface area (Å²) in [6, 6.07) is 0. The fourth-order valence-electron chi connectivity index (χ4n) is 1.78. The zero-order chi connectivity index (χ0) is 10.8. The number of hydrogen-bond donors (Lipinski definition) is 0. The molecule has 3 atom stereocenters. The van der Waals surface area contributed by atoms with Crippen molar-refractivity contribution in [3.63, 3.8) is 0 Å². The number of ether oxygens (including phenoxy) is 2. The Hall–Kier alpha value is -0.0800. The molecule has 0 aromatic rings. The van der Waals surface area contributed by atoms with Gasteiger partial charge in [-0.2, -0.15) is 0 Å². The molecular formula is C12H24O2. The van der Waals surface area contributed by atoms with Gasteiger partial charge in [0.2, 0.25) is 0 Å². The summed E-state index contributed by atoms with van der Waals surface area (Å²) in [5.74, 6) is 0. The van der Waals surface area contributed by atoms with Gasteiger partial charge in [0.05, 0.1) is 24.9 Å². The Labute approximate surface area is 88.0 Å². The molecule has 0 bridgehead atoms. The van der Waals surface area contributed by atoms with Crippen molar-refractivity contribution in [2.75, 3.05) is 6.61 Å². The van der Waals surface area contributed by atoms with Crippen LogP contribution in [0.15, 0.2) is 0 Å². The monoisotopic (exact) mass is 200 g/mol. The first-order valence-corrected chi connectivity index (χ1v) is 5.65. The summed E-state index contributed by atoms with van der Waals surface area (Å²) < 4.78 is 11.5. The lowest BCUT2D eigenvalue weighted by atomic mass is 9.88. The van der Waals surface area contributed by atoms with E-state index in [1.54, 1.807) is 0 Å². The van der Waals surface area contributed by atoms with Gasteiger partial charge in [-0.25, -0.2) is 0 Å². The Balaban J connectivity index is 2.31. The molecule has 1 aliphatic heterocycles. The van der Waals surface area contributed by atoms with E-state index in [4.69, 9.17) is 9.47 Å². The molecule has 1 fully saturated rings. The van der Waals surface area contributed by atoms with Gasteiger partial charge in [-0.15, -0.1) is 0 Å². The standard InChI is InChI=1S/C12H24O2/c1-9-8-13-11(10(2)14-9)6-7-12(3,4)5/h9-11H,6-8H2,1-5H3. The first kappa shape index (κ1) is 12.0. The fourth-order valence-corrected chi connectivity index (χ4v) is 1.78. The molecule has 1 heterocycles. The van der Waals surface area contributed by atoms with Crippen molar-refractivity contribution in [1.29, 1.82) is 0 Å². The van der Waals surface area contributed by atoms with Crippen molar-refractivity contribution < 1.29 is 9.47 Å². The predicted molar refractivity (Wildman–Crippen MR) is 58.4 cm³/mol. The summed E-state index contributed by atoms with van der Waals surface area (Å²) >= 11 is 0. The lowest BCUT2D eigenvalue weighted by molar-refractivity contribution is -0.171. The van der Waals surface area contributed by atoms with Crippen LogP contribution < -0.4 is 0 Å². The summed E-state index contributed by atoms with van der Waals surface area (Å²) in [6.07, 6.45) is 3.11. The average molecular weight is 200 g/mol. The Morgan fingerprint density at radius 2 is 1.86 bits per heavy atom. The Morgan fingerprint density at radius 3 is 2.36 bits per heavy atom. The van der Waals surface area contributed by atoms with Crippen LogP contribution in [-0.4, -0.2) is 24.9 Å². The van der Waals surface area contributed by atoms with E-state index in [0.717, 1.165) is 13.0 Å². The lowest BCUT2D eigenvalue weighted by Crippen LogP contribution is -2.41. The van der Waals surface area contributed by atoms with E-state index in [9.17, 15) is 0 Å². The smallest absolute Gasteiger partial charge is 0.0835 e. The fraction of sp³-hybridized carbons (Fsp3) is 1.00. The van der Waals surface area contributed by atoms with Gasteiger partial charge in [-0.3, -0.25) is 0 Å². The molecule has 1 aliphatic rings. The van der Waals surface area contributed by atoms with Gasteiger partial charge in [-0.1, -0.05) is 20.8 Å². The van der Waals surface area contributed by atoms with Gasteiger partial charge in [0.25, 0.3) is 0 Å². The number of hydrogen-bond acceptors (Lipinski definition) is 2. The minimum absolute atomic E-state index is 0.251. The predicted octanol–water partition coefficient (Wildman–Crippen LogP) is 3.01. The second-order valence-corrected chi connectivity index (χ2v) is 5.62. The van der Waals surface area contributed by atoms with Crippen molar-refractivity contribution in [2.24, 2.45) is 5.41 Å². The summed E-state index contributed by atoms with van der Waals surface area (Å²) in [4.78, 5) is 0. The quantitative estimate of drug-likeness (QED) is 0.682. The van der Waals surface area contributed by atoms with Crippen LogP contribution in [0.2, 0.25) is 0 Å². The van der Waals surface area contributed by atoms with Crippen molar-refractivity contribution in [3.8, 4) is 0 Å². The van der Waals surface area contributed by atoms with E-state index >= 15 is 0 Å². The molecule has 0 radical (unpaired) electrons. The van der Waals surface area contributed by atoms with Crippen molar-refractivity contribution in [3.05, 3.63) is 0 Å². The van der Waals surface area contributed by atoms with Gasteiger partial charge in [0.1, 0.15) is 0 Å². The van der Waals surface area contributed by atoms with Gasteiger partial charge < -0.3 is 9.47 Å². The van der Waals surface area contributed by atoms with E-state index in [1.807, 2.05) is 0 Å². The molecule has 0 spiro atoms. The highest BCUT2D eigenvalue weighted by Crippen LogP contribution is 2.26. The van der Waals surface area contributed by atoms with Gasteiger partial charge >= 0.3 is 0 Å². The van der Waals surface area contributed by atoms with E-state index in [2.05, 4.69) is 34.6 Å². The molecule has 14 heavy (non-hydrogen) atoms. The minimum Gasteiger partial charge on any atom is -0.373 e. The Morgan fingerprint density at radius 1 is 1.21 bits per heavy atom. The SMILES string of the molecule is CC1COC(CCC(C)(C)C)C(C)O1. The first-order valence-electron chi connectivity index (χ1n) is 5.65. The van der Waals surface area contributed by atoms with Gasteiger partial charge in [-0.05, 0) is 32.1 Å². The van der Waals surface area contributed by atoms with Crippen LogP contribution in [0, 0.1) is 5.41 Å². The summed E-state index contributed by atoms with van der Waals surface area (Å²) in [5.41, 5.74) is 0.395. The minimum atomic E-state index is 0.251. The topological polar surface area (TPSA) is 18.5 Å². The molecule has 1 saturated heterocycles. The summed E-state index contributed by atoms with van der Waals surface area (Å²) in [6.45, 7) is 11.7. The maximum atomic E-state index is 5.77. The van der Waals surface area contributed by atoms with Crippen LogP contribution in [0.3, 0.4) is 0 Å². The third kappa shape index (κ3) is 3.97. The Kier molecular flexibility index (Phi) is 3.96. The average Bonchev–Trinajstić information content (AvgIpc) is 2.00. The third-order valence-electron chi connectivity index (χ3n) is 2.69. The van der Waals surface area contributed by atoms with Crippen LogP contribution in [0.5, 0.6) is 0 Å². The Bertz CT molecular complexity index is 172. The highest BCUT2D eigenvalue weighted by Gasteiger charge is 2.27. The molecule has 0 aromatic heterocycles. The van der Waals surface area contributed by atoms with Crippen molar-refractivity contribution in [2.45, 2.75) is 65.8 Å². The lowest BCUT2D eigenvalue weighted by Gasteiger charge is -2.34. The van der Waals surface area contributed by atoms with E-state index in [-0.39, 0.29) is 12.2 Å². The molecule has 1 rings (SSSR count). The molecule has 3 unspecified atom stereocenters. The van der Waals surface area contributed by atoms with Crippen molar-refractivity contribution in [1.82, 2.24) is 0 Å². The third-order valence-corrected chi connectivity index (χ3v) is 2.69. The van der Waals surface area contributed by atoms with Crippen LogP contribution >= 0.6 is 0 Å². The number of rotatable bonds is 2. The normalized spacial score (nSPS) is 34.5. The van der Waals surface area contributed by atoms with E-state index < -0.39 is 0 Å². The summed E-state index contributed by atoms with van der Waals surface area (Å²) in [7, 11) is 0. The van der Waals surface area contributed by atoms with Crippen LogP contribution in [0.1, 0.15) is 47.5 Å². The zero-order valence-corrected chi connectivity index (χ0v) is 10.2. The maximum Gasteiger partial charge on any atom is 0.0835 e. The molecule has 0 saturated carbocycles. The largest absolute Gasteiger partial charge is 0.373 e. The van der Waals surface area contributed by atoms with Gasteiger partial charge in [0.15, 0.2) is 0 Å². The molecule has 0 aromatic carbocycles. The van der Waals surface area contributed by atoms with Crippen LogP contribution in [0.25, 0.3) is 0 Å².